The molecule has 1 aromatic carbocycles. The largest absolute Gasteiger partial charge is 0.349 e. The summed E-state index contributed by atoms with van der Waals surface area (Å²) < 4.78 is 0. The summed E-state index contributed by atoms with van der Waals surface area (Å²) in [5, 5.41) is 6.65. The van der Waals surface area contributed by atoms with Crippen LogP contribution in [0.4, 0.5) is 0 Å². The zero-order chi connectivity index (χ0) is 13.9. The van der Waals surface area contributed by atoms with Crippen molar-refractivity contribution >= 4 is 5.91 Å². The van der Waals surface area contributed by atoms with Crippen molar-refractivity contribution in [3.8, 4) is 0 Å². The molecule has 3 rings (SSSR count). The van der Waals surface area contributed by atoms with Crippen molar-refractivity contribution in [1.29, 1.82) is 0 Å². The Hall–Kier alpha value is -1.35. The van der Waals surface area contributed by atoms with Gasteiger partial charge in [-0.3, -0.25) is 4.79 Å². The number of carbonyl (C=O) groups excluding carboxylic acids is 1. The van der Waals surface area contributed by atoms with Crippen molar-refractivity contribution < 1.29 is 4.79 Å². The lowest BCUT2D eigenvalue weighted by molar-refractivity contribution is -0.126. The number of piperidine rings is 1. The molecule has 1 aliphatic carbocycles. The van der Waals surface area contributed by atoms with E-state index < -0.39 is 0 Å². The fraction of sp³-hybridized carbons (Fsp3) is 0.588. The first-order valence-electron chi connectivity index (χ1n) is 7.83. The highest BCUT2D eigenvalue weighted by atomic mass is 16.2. The van der Waals surface area contributed by atoms with Crippen LogP contribution in [-0.4, -0.2) is 19.0 Å². The van der Waals surface area contributed by atoms with Gasteiger partial charge in [-0.25, -0.2) is 0 Å². The van der Waals surface area contributed by atoms with Crippen molar-refractivity contribution in [2.75, 3.05) is 13.1 Å². The maximum absolute atomic E-state index is 12.5. The molecule has 0 saturated carbocycles. The van der Waals surface area contributed by atoms with E-state index in [4.69, 9.17) is 0 Å². The van der Waals surface area contributed by atoms with E-state index in [0.717, 1.165) is 32.4 Å². The average Bonchev–Trinajstić information content (AvgIpc) is 2.47. The van der Waals surface area contributed by atoms with Gasteiger partial charge in [0.05, 0.1) is 12.0 Å². The number of carbonyl (C=O) groups is 1. The SMILES string of the molecule is CC1CNCC(C(=O)NC2CCCc3ccccc32)C1. The number of hydrogen-bond donors (Lipinski definition) is 2. The van der Waals surface area contributed by atoms with Crippen LogP contribution in [0, 0.1) is 11.8 Å². The van der Waals surface area contributed by atoms with E-state index in [1.807, 2.05) is 0 Å². The van der Waals surface area contributed by atoms with Crippen molar-refractivity contribution in [2.24, 2.45) is 11.8 Å². The smallest absolute Gasteiger partial charge is 0.224 e. The standard InChI is InChI=1S/C17H24N2O/c1-12-9-14(11-18-10-12)17(20)19-16-8-4-6-13-5-2-3-7-15(13)16/h2-3,5,7,12,14,16,18H,4,6,8-11H2,1H3,(H,19,20). The highest BCUT2D eigenvalue weighted by Gasteiger charge is 2.28. The third kappa shape index (κ3) is 2.88. The second-order valence-corrected chi connectivity index (χ2v) is 6.35. The predicted octanol–water partition coefficient (Wildman–Crippen LogP) is 2.43. The monoisotopic (exact) mass is 272 g/mol. The Morgan fingerprint density at radius 1 is 1.30 bits per heavy atom. The van der Waals surface area contributed by atoms with Gasteiger partial charge in [0.25, 0.3) is 0 Å². The fourth-order valence-corrected chi connectivity index (χ4v) is 3.55. The van der Waals surface area contributed by atoms with E-state index in [2.05, 4.69) is 41.8 Å². The van der Waals surface area contributed by atoms with Crippen LogP contribution in [0.15, 0.2) is 24.3 Å². The van der Waals surface area contributed by atoms with E-state index in [0.29, 0.717) is 5.92 Å². The molecule has 108 valence electrons. The first-order chi connectivity index (χ1) is 9.74. The molecule has 0 radical (unpaired) electrons. The minimum absolute atomic E-state index is 0.132. The molecule has 0 spiro atoms. The van der Waals surface area contributed by atoms with Gasteiger partial charge in [0.15, 0.2) is 0 Å². The number of hydrogen-bond acceptors (Lipinski definition) is 2. The number of benzene rings is 1. The summed E-state index contributed by atoms with van der Waals surface area (Å²) in [7, 11) is 0. The number of fused-ring (bicyclic) bond motifs is 1. The maximum Gasteiger partial charge on any atom is 0.224 e. The molecule has 1 amide bonds. The van der Waals surface area contributed by atoms with Crippen LogP contribution in [0.25, 0.3) is 0 Å². The molecule has 0 bridgehead atoms. The van der Waals surface area contributed by atoms with E-state index in [9.17, 15) is 4.79 Å². The predicted molar refractivity (Wildman–Crippen MR) is 80.4 cm³/mol. The van der Waals surface area contributed by atoms with Crippen LogP contribution in [-0.2, 0) is 11.2 Å². The Morgan fingerprint density at radius 3 is 3.00 bits per heavy atom. The average molecular weight is 272 g/mol. The molecule has 20 heavy (non-hydrogen) atoms. The van der Waals surface area contributed by atoms with Gasteiger partial charge in [-0.05, 0) is 49.3 Å². The van der Waals surface area contributed by atoms with Gasteiger partial charge in [0.2, 0.25) is 5.91 Å². The lowest BCUT2D eigenvalue weighted by Gasteiger charge is -2.31. The Morgan fingerprint density at radius 2 is 2.15 bits per heavy atom. The molecular weight excluding hydrogens is 248 g/mol. The van der Waals surface area contributed by atoms with Crippen LogP contribution >= 0.6 is 0 Å². The van der Waals surface area contributed by atoms with E-state index in [-0.39, 0.29) is 17.9 Å². The van der Waals surface area contributed by atoms with E-state index in [1.165, 1.54) is 17.5 Å². The van der Waals surface area contributed by atoms with Crippen molar-refractivity contribution in [2.45, 2.75) is 38.6 Å². The van der Waals surface area contributed by atoms with E-state index >= 15 is 0 Å². The molecule has 1 aliphatic heterocycles. The van der Waals surface area contributed by atoms with Gasteiger partial charge < -0.3 is 10.6 Å². The summed E-state index contributed by atoms with van der Waals surface area (Å²) in [6, 6.07) is 8.74. The second-order valence-electron chi connectivity index (χ2n) is 6.35. The summed E-state index contributed by atoms with van der Waals surface area (Å²) >= 11 is 0. The first-order valence-corrected chi connectivity index (χ1v) is 7.83. The van der Waals surface area contributed by atoms with Crippen molar-refractivity contribution in [3.63, 3.8) is 0 Å². The zero-order valence-corrected chi connectivity index (χ0v) is 12.2. The fourth-order valence-electron chi connectivity index (χ4n) is 3.55. The Balaban J connectivity index is 1.68. The van der Waals surface area contributed by atoms with Gasteiger partial charge in [0, 0.05) is 6.54 Å². The Labute approximate surface area is 121 Å². The molecule has 3 heteroatoms. The molecule has 3 unspecified atom stereocenters. The molecule has 3 nitrogen and oxygen atoms in total. The summed E-state index contributed by atoms with van der Waals surface area (Å²) in [6.07, 6.45) is 4.39. The van der Waals surface area contributed by atoms with Gasteiger partial charge >= 0.3 is 0 Å². The molecule has 2 N–H and O–H groups in total. The van der Waals surface area contributed by atoms with Gasteiger partial charge in [-0.15, -0.1) is 0 Å². The molecule has 1 aromatic rings. The zero-order valence-electron chi connectivity index (χ0n) is 12.2. The minimum atomic E-state index is 0.132. The quantitative estimate of drug-likeness (QED) is 0.868. The van der Waals surface area contributed by atoms with Crippen molar-refractivity contribution in [1.82, 2.24) is 10.6 Å². The van der Waals surface area contributed by atoms with Crippen LogP contribution in [0.1, 0.15) is 43.4 Å². The highest BCUT2D eigenvalue weighted by Crippen LogP contribution is 2.30. The summed E-state index contributed by atoms with van der Waals surface area (Å²) in [6.45, 7) is 4.07. The number of nitrogens with one attached hydrogen (secondary N) is 2. The summed E-state index contributed by atoms with van der Waals surface area (Å²) in [5.74, 6) is 0.955. The van der Waals surface area contributed by atoms with Crippen LogP contribution in [0.2, 0.25) is 0 Å². The highest BCUT2D eigenvalue weighted by molar-refractivity contribution is 5.79. The van der Waals surface area contributed by atoms with Crippen LogP contribution in [0.3, 0.4) is 0 Å². The minimum Gasteiger partial charge on any atom is -0.349 e. The van der Waals surface area contributed by atoms with Crippen LogP contribution in [0.5, 0.6) is 0 Å². The number of aryl methyl sites for hydroxylation is 1. The Kier molecular flexibility index (Phi) is 4.06. The Bertz CT molecular complexity index is 486. The third-order valence-electron chi connectivity index (χ3n) is 4.63. The second kappa shape index (κ2) is 5.96. The molecule has 2 aliphatic rings. The number of amides is 1. The molecule has 0 aromatic heterocycles. The normalized spacial score (nSPS) is 29.6. The third-order valence-corrected chi connectivity index (χ3v) is 4.63. The van der Waals surface area contributed by atoms with Gasteiger partial charge in [0.1, 0.15) is 0 Å². The lowest BCUT2D eigenvalue weighted by atomic mass is 9.86. The molecule has 1 heterocycles. The van der Waals surface area contributed by atoms with Crippen LogP contribution < -0.4 is 10.6 Å². The summed E-state index contributed by atoms with van der Waals surface area (Å²) in [4.78, 5) is 12.5. The lowest BCUT2D eigenvalue weighted by Crippen LogP contribution is -2.44. The van der Waals surface area contributed by atoms with Crippen molar-refractivity contribution in [3.05, 3.63) is 35.4 Å². The maximum atomic E-state index is 12.5. The van der Waals surface area contributed by atoms with Gasteiger partial charge in [-0.2, -0.15) is 0 Å². The summed E-state index contributed by atoms with van der Waals surface area (Å²) in [5.41, 5.74) is 2.73. The first kappa shape index (κ1) is 13.6. The molecule has 1 fully saturated rings. The molecule has 1 saturated heterocycles. The number of rotatable bonds is 2. The molecule has 3 atom stereocenters. The van der Waals surface area contributed by atoms with Gasteiger partial charge in [-0.1, -0.05) is 31.2 Å². The molecular formula is C17H24N2O. The van der Waals surface area contributed by atoms with E-state index in [1.54, 1.807) is 0 Å². The topological polar surface area (TPSA) is 41.1 Å².